The van der Waals surface area contributed by atoms with E-state index in [1.807, 2.05) is 26.0 Å². The third kappa shape index (κ3) is 2.79. The minimum atomic E-state index is 0.122. The first kappa shape index (κ1) is 18.0. The number of carbonyl (C=O) groups is 1. The van der Waals surface area contributed by atoms with Gasteiger partial charge in [-0.1, -0.05) is 13.0 Å². The molecule has 3 nitrogen and oxygen atoms in total. The van der Waals surface area contributed by atoms with E-state index in [4.69, 9.17) is 4.74 Å². The zero-order valence-electron chi connectivity index (χ0n) is 16.3. The van der Waals surface area contributed by atoms with Crippen LogP contribution in [0.25, 0.3) is 0 Å². The molecule has 0 spiro atoms. The summed E-state index contributed by atoms with van der Waals surface area (Å²) in [5, 5.41) is 9.46. The standard InChI is InChI=1S/C23H32O3/c1-14(2)26-16-5-6-17-18-8-10-23(3)15(9-11-24)4-7-21(23)19(18)13-22(25)20(17)12-16/h5-6,12,14-15,18-19,21,24H,4,7-11,13H2,1-3H3/t15-,18?,19?,21?,23?/m1/s1. The number of hydrogen-bond donors (Lipinski definition) is 1. The SMILES string of the molecule is CC(C)Oc1ccc2c(c1)C(=O)CC1C2CCC2(C)C1CC[C@@H]2CCO. The highest BCUT2D eigenvalue weighted by atomic mass is 16.5. The van der Waals surface area contributed by atoms with Gasteiger partial charge in [0.1, 0.15) is 5.75 Å². The maximum Gasteiger partial charge on any atom is 0.163 e. The fourth-order valence-electron chi connectivity index (χ4n) is 6.47. The molecule has 1 aromatic carbocycles. The summed E-state index contributed by atoms with van der Waals surface area (Å²) in [6, 6.07) is 6.18. The molecular formula is C23H32O3. The molecule has 3 aliphatic carbocycles. The van der Waals surface area contributed by atoms with E-state index in [0.29, 0.717) is 47.9 Å². The van der Waals surface area contributed by atoms with Crippen LogP contribution in [0.2, 0.25) is 0 Å². The predicted octanol–water partition coefficient (Wildman–Crippen LogP) is 4.97. The van der Waals surface area contributed by atoms with Gasteiger partial charge >= 0.3 is 0 Å². The smallest absolute Gasteiger partial charge is 0.163 e. The second-order valence-electron chi connectivity index (χ2n) is 9.25. The zero-order chi connectivity index (χ0) is 18.5. The van der Waals surface area contributed by atoms with Crippen molar-refractivity contribution in [2.75, 3.05) is 6.61 Å². The van der Waals surface area contributed by atoms with Crippen LogP contribution in [-0.2, 0) is 0 Å². The number of Topliss-reactive ketones (excluding diaryl/α,β-unsaturated/α-hetero) is 1. The number of fused-ring (bicyclic) bond motifs is 5. The van der Waals surface area contributed by atoms with Gasteiger partial charge in [0.15, 0.2) is 5.78 Å². The number of rotatable bonds is 4. The Balaban J connectivity index is 1.64. The lowest BCUT2D eigenvalue weighted by molar-refractivity contribution is 0.0212. The third-order valence-electron chi connectivity index (χ3n) is 7.63. The molecular weight excluding hydrogens is 324 g/mol. The van der Waals surface area contributed by atoms with Crippen LogP contribution in [0.15, 0.2) is 18.2 Å². The van der Waals surface area contributed by atoms with Crippen LogP contribution in [0.5, 0.6) is 5.75 Å². The van der Waals surface area contributed by atoms with Crippen molar-refractivity contribution in [1.29, 1.82) is 0 Å². The maximum absolute atomic E-state index is 13.0. The summed E-state index contributed by atoms with van der Waals surface area (Å²) in [6.45, 7) is 6.76. The molecule has 0 amide bonds. The van der Waals surface area contributed by atoms with Crippen LogP contribution in [-0.4, -0.2) is 23.6 Å². The van der Waals surface area contributed by atoms with Crippen LogP contribution in [0.4, 0.5) is 0 Å². The van der Waals surface area contributed by atoms with Crippen molar-refractivity contribution in [3.8, 4) is 5.75 Å². The molecule has 2 fully saturated rings. The molecule has 26 heavy (non-hydrogen) atoms. The number of ether oxygens (including phenoxy) is 1. The van der Waals surface area contributed by atoms with E-state index in [0.717, 1.165) is 17.7 Å². The number of carbonyl (C=O) groups excluding carboxylic acids is 1. The average molecular weight is 357 g/mol. The Morgan fingerprint density at radius 1 is 1.27 bits per heavy atom. The van der Waals surface area contributed by atoms with E-state index < -0.39 is 0 Å². The van der Waals surface area contributed by atoms with Crippen molar-refractivity contribution in [1.82, 2.24) is 0 Å². The molecule has 142 valence electrons. The highest BCUT2D eigenvalue weighted by molar-refractivity contribution is 5.99. The van der Waals surface area contributed by atoms with Gasteiger partial charge < -0.3 is 9.84 Å². The van der Waals surface area contributed by atoms with E-state index in [1.165, 1.54) is 31.2 Å². The lowest BCUT2D eigenvalue weighted by Gasteiger charge is -2.50. The molecule has 5 atom stereocenters. The lowest BCUT2D eigenvalue weighted by Crippen LogP contribution is -2.43. The zero-order valence-corrected chi connectivity index (χ0v) is 16.3. The average Bonchev–Trinajstić information content (AvgIpc) is 2.92. The van der Waals surface area contributed by atoms with Gasteiger partial charge in [0.2, 0.25) is 0 Å². The Hall–Kier alpha value is -1.35. The van der Waals surface area contributed by atoms with E-state index in [1.54, 1.807) is 0 Å². The van der Waals surface area contributed by atoms with Crippen molar-refractivity contribution < 1.29 is 14.6 Å². The Bertz CT molecular complexity index is 695. The molecule has 3 aliphatic rings. The summed E-state index contributed by atoms with van der Waals surface area (Å²) in [5.41, 5.74) is 2.47. The monoisotopic (exact) mass is 356 g/mol. The van der Waals surface area contributed by atoms with Gasteiger partial charge in [0, 0.05) is 18.6 Å². The quantitative estimate of drug-likeness (QED) is 0.828. The number of ketones is 1. The number of aliphatic hydroxyl groups is 1. The molecule has 0 aliphatic heterocycles. The van der Waals surface area contributed by atoms with Gasteiger partial charge in [0.05, 0.1) is 6.10 Å². The maximum atomic E-state index is 13.0. The van der Waals surface area contributed by atoms with Gasteiger partial charge in [-0.3, -0.25) is 4.79 Å². The van der Waals surface area contributed by atoms with Crippen molar-refractivity contribution in [2.45, 2.75) is 71.3 Å². The number of hydrogen-bond acceptors (Lipinski definition) is 3. The molecule has 3 heteroatoms. The molecule has 0 aromatic heterocycles. The second-order valence-corrected chi connectivity index (χ2v) is 9.25. The van der Waals surface area contributed by atoms with Crippen LogP contribution in [0.3, 0.4) is 0 Å². The number of aliphatic hydroxyl groups excluding tert-OH is 1. The Morgan fingerprint density at radius 3 is 2.81 bits per heavy atom. The first-order valence-electron chi connectivity index (χ1n) is 10.4. The minimum Gasteiger partial charge on any atom is -0.491 e. The third-order valence-corrected chi connectivity index (χ3v) is 7.63. The normalized spacial score (nSPS) is 35.8. The summed E-state index contributed by atoms with van der Waals surface area (Å²) in [7, 11) is 0. The van der Waals surface area contributed by atoms with Gasteiger partial charge in [-0.05, 0) is 92.7 Å². The molecule has 4 rings (SSSR count). The fraction of sp³-hybridized carbons (Fsp3) is 0.696. The van der Waals surface area contributed by atoms with E-state index >= 15 is 0 Å². The molecule has 0 bridgehead atoms. The summed E-state index contributed by atoms with van der Waals surface area (Å²) in [5.74, 6) is 3.36. The van der Waals surface area contributed by atoms with Gasteiger partial charge in [0.25, 0.3) is 0 Å². The highest BCUT2D eigenvalue weighted by Crippen LogP contribution is 2.63. The molecule has 0 radical (unpaired) electrons. The summed E-state index contributed by atoms with van der Waals surface area (Å²) in [4.78, 5) is 13.0. The van der Waals surface area contributed by atoms with Gasteiger partial charge in [-0.15, -0.1) is 0 Å². The largest absolute Gasteiger partial charge is 0.491 e. The summed E-state index contributed by atoms with van der Waals surface area (Å²) in [6.07, 6.45) is 6.56. The second kappa shape index (κ2) is 6.67. The highest BCUT2D eigenvalue weighted by Gasteiger charge is 2.55. The minimum absolute atomic E-state index is 0.122. The molecule has 1 N–H and O–H groups in total. The molecule has 0 heterocycles. The first-order valence-corrected chi connectivity index (χ1v) is 10.4. The van der Waals surface area contributed by atoms with Crippen LogP contribution in [0.1, 0.15) is 81.1 Å². The molecule has 1 aromatic rings. The first-order chi connectivity index (χ1) is 12.4. The van der Waals surface area contributed by atoms with E-state index in [2.05, 4.69) is 13.0 Å². The molecule has 2 saturated carbocycles. The Labute approximate surface area is 157 Å². The van der Waals surface area contributed by atoms with Crippen LogP contribution < -0.4 is 4.74 Å². The molecule has 0 saturated heterocycles. The van der Waals surface area contributed by atoms with Crippen LogP contribution >= 0.6 is 0 Å². The fourth-order valence-corrected chi connectivity index (χ4v) is 6.47. The molecule has 4 unspecified atom stereocenters. The van der Waals surface area contributed by atoms with Crippen LogP contribution in [0, 0.1) is 23.2 Å². The predicted molar refractivity (Wildman–Crippen MR) is 103 cm³/mol. The van der Waals surface area contributed by atoms with E-state index in [-0.39, 0.29) is 6.10 Å². The number of benzene rings is 1. The summed E-state index contributed by atoms with van der Waals surface area (Å²) < 4.78 is 5.82. The Kier molecular flexibility index (Phi) is 4.63. The van der Waals surface area contributed by atoms with Gasteiger partial charge in [-0.25, -0.2) is 0 Å². The Morgan fingerprint density at radius 2 is 2.08 bits per heavy atom. The van der Waals surface area contributed by atoms with Crippen molar-refractivity contribution in [3.05, 3.63) is 29.3 Å². The summed E-state index contributed by atoms with van der Waals surface area (Å²) >= 11 is 0. The van der Waals surface area contributed by atoms with E-state index in [9.17, 15) is 9.90 Å². The van der Waals surface area contributed by atoms with Crippen molar-refractivity contribution in [2.24, 2.45) is 23.2 Å². The van der Waals surface area contributed by atoms with Gasteiger partial charge in [-0.2, -0.15) is 0 Å². The van der Waals surface area contributed by atoms with Crippen molar-refractivity contribution in [3.63, 3.8) is 0 Å². The van der Waals surface area contributed by atoms with Crippen molar-refractivity contribution >= 4 is 5.78 Å². The topological polar surface area (TPSA) is 46.5 Å². The lowest BCUT2D eigenvalue weighted by atomic mass is 9.54.